The fraction of sp³-hybridized carbons (Fsp3) is 0.545. The molecule has 26 heavy (non-hydrogen) atoms. The maximum atomic E-state index is 12.3. The van der Waals surface area contributed by atoms with Crippen molar-refractivity contribution < 1.29 is 9.53 Å². The summed E-state index contributed by atoms with van der Waals surface area (Å²) in [5.74, 6) is 0.775. The molecular weight excluding hydrogens is 324 g/mol. The number of aromatic nitrogens is 1. The van der Waals surface area contributed by atoms with Crippen molar-refractivity contribution in [2.45, 2.75) is 71.1 Å². The van der Waals surface area contributed by atoms with Crippen LogP contribution in [0.25, 0.3) is 10.9 Å². The highest BCUT2D eigenvalue weighted by molar-refractivity contribution is 6.01. The number of nitrogens with zero attached hydrogens (tertiary/aromatic N) is 1. The van der Waals surface area contributed by atoms with Crippen LogP contribution >= 0.6 is 0 Å². The Morgan fingerprint density at radius 1 is 1.04 bits per heavy atom. The smallest absolute Gasteiger partial charge is 0.224 e. The molecule has 2 rings (SSSR count). The van der Waals surface area contributed by atoms with Crippen LogP contribution in [0.4, 0.5) is 5.69 Å². The second-order valence-corrected chi connectivity index (χ2v) is 6.88. The maximum Gasteiger partial charge on any atom is 0.224 e. The number of rotatable bonds is 12. The van der Waals surface area contributed by atoms with E-state index < -0.39 is 0 Å². The molecule has 1 aromatic carbocycles. The number of ether oxygens (including phenoxy) is 1. The van der Waals surface area contributed by atoms with Crippen LogP contribution < -0.4 is 10.1 Å². The number of carbonyl (C=O) groups is 1. The first-order valence-corrected chi connectivity index (χ1v) is 9.97. The van der Waals surface area contributed by atoms with Gasteiger partial charge in [0.25, 0.3) is 0 Å². The van der Waals surface area contributed by atoms with Crippen molar-refractivity contribution in [1.82, 2.24) is 4.98 Å². The Morgan fingerprint density at radius 3 is 2.42 bits per heavy atom. The van der Waals surface area contributed by atoms with Crippen LogP contribution in [0.15, 0.2) is 30.5 Å². The summed E-state index contributed by atoms with van der Waals surface area (Å²) in [4.78, 5) is 16.7. The molecule has 0 bridgehead atoms. The van der Waals surface area contributed by atoms with E-state index in [9.17, 15) is 4.79 Å². The standard InChI is InChI=1S/C22H32N2O2/c1-3-4-5-6-7-8-9-10-11-14-21(25)24-20-17-19(26-2)16-18-13-12-15-23-22(18)20/h12-13,15-17H,3-11,14H2,1-2H3,(H,24,25). The van der Waals surface area contributed by atoms with E-state index in [0.29, 0.717) is 6.42 Å². The minimum atomic E-state index is 0.0492. The molecule has 0 saturated carbocycles. The molecule has 0 aliphatic heterocycles. The van der Waals surface area contributed by atoms with Gasteiger partial charge >= 0.3 is 0 Å². The number of pyridine rings is 1. The number of hydrogen-bond donors (Lipinski definition) is 1. The lowest BCUT2D eigenvalue weighted by molar-refractivity contribution is -0.116. The number of hydrogen-bond acceptors (Lipinski definition) is 3. The highest BCUT2D eigenvalue weighted by atomic mass is 16.5. The normalized spacial score (nSPS) is 10.8. The third-order valence-electron chi connectivity index (χ3n) is 4.70. The average Bonchev–Trinajstić information content (AvgIpc) is 2.66. The maximum absolute atomic E-state index is 12.3. The Kier molecular flexibility index (Phi) is 8.94. The summed E-state index contributed by atoms with van der Waals surface area (Å²) in [5, 5.41) is 3.97. The summed E-state index contributed by atoms with van der Waals surface area (Å²) >= 11 is 0. The third-order valence-corrected chi connectivity index (χ3v) is 4.70. The van der Waals surface area contributed by atoms with E-state index in [1.165, 1.54) is 44.9 Å². The van der Waals surface area contributed by atoms with Crippen molar-refractivity contribution >= 4 is 22.5 Å². The number of benzene rings is 1. The van der Waals surface area contributed by atoms with Crippen LogP contribution in [-0.4, -0.2) is 18.0 Å². The number of anilines is 1. The van der Waals surface area contributed by atoms with Gasteiger partial charge in [-0.25, -0.2) is 0 Å². The van der Waals surface area contributed by atoms with Crippen molar-refractivity contribution in [3.05, 3.63) is 30.5 Å². The average molecular weight is 357 g/mol. The van der Waals surface area contributed by atoms with Crippen molar-refractivity contribution in [2.24, 2.45) is 0 Å². The van der Waals surface area contributed by atoms with Gasteiger partial charge in [0.1, 0.15) is 5.75 Å². The van der Waals surface area contributed by atoms with Gasteiger partial charge in [-0.2, -0.15) is 0 Å². The lowest BCUT2D eigenvalue weighted by Crippen LogP contribution is -2.11. The first-order chi connectivity index (χ1) is 12.7. The minimum Gasteiger partial charge on any atom is -0.497 e. The minimum absolute atomic E-state index is 0.0492. The second kappa shape index (κ2) is 11.5. The molecule has 1 amide bonds. The summed E-state index contributed by atoms with van der Waals surface area (Å²) in [6.07, 6.45) is 13.6. The molecule has 2 aromatic rings. The molecule has 142 valence electrons. The van der Waals surface area contributed by atoms with Crippen LogP contribution in [0.5, 0.6) is 5.75 Å². The largest absolute Gasteiger partial charge is 0.497 e. The van der Waals surface area contributed by atoms with Gasteiger partial charge in [-0.15, -0.1) is 0 Å². The molecule has 0 atom stereocenters. The number of amides is 1. The van der Waals surface area contributed by atoms with E-state index in [1.54, 1.807) is 13.3 Å². The number of nitrogens with one attached hydrogen (secondary N) is 1. The zero-order chi connectivity index (χ0) is 18.6. The fourth-order valence-corrected chi connectivity index (χ4v) is 3.19. The summed E-state index contributed by atoms with van der Waals surface area (Å²) in [6.45, 7) is 2.25. The van der Waals surface area contributed by atoms with Gasteiger partial charge in [-0.05, 0) is 18.6 Å². The van der Waals surface area contributed by atoms with Crippen LogP contribution in [0.1, 0.15) is 71.1 Å². The van der Waals surface area contributed by atoms with Gasteiger partial charge in [-0.1, -0.05) is 64.4 Å². The highest BCUT2D eigenvalue weighted by Crippen LogP contribution is 2.27. The SMILES string of the molecule is CCCCCCCCCCCC(=O)Nc1cc(OC)cc2cccnc12. The predicted molar refractivity (Wildman–Crippen MR) is 109 cm³/mol. The van der Waals surface area contributed by atoms with Gasteiger partial charge in [0.05, 0.1) is 18.3 Å². The molecule has 1 N–H and O–H groups in total. The highest BCUT2D eigenvalue weighted by Gasteiger charge is 2.09. The number of unbranched alkanes of at least 4 members (excludes halogenated alkanes) is 8. The number of fused-ring (bicyclic) bond motifs is 1. The topological polar surface area (TPSA) is 51.2 Å². The first kappa shape index (κ1) is 20.2. The van der Waals surface area contributed by atoms with Gasteiger partial charge in [0.15, 0.2) is 0 Å². The summed E-state index contributed by atoms with van der Waals surface area (Å²) < 4.78 is 5.33. The zero-order valence-corrected chi connectivity index (χ0v) is 16.2. The molecule has 0 aliphatic rings. The molecule has 1 heterocycles. The van der Waals surface area contributed by atoms with Crippen molar-refractivity contribution in [3.8, 4) is 5.75 Å². The summed E-state index contributed by atoms with van der Waals surface area (Å²) in [5.41, 5.74) is 1.52. The monoisotopic (exact) mass is 356 g/mol. The van der Waals surface area contributed by atoms with Crippen LogP contribution in [0.2, 0.25) is 0 Å². The van der Waals surface area contributed by atoms with Crippen LogP contribution in [0, 0.1) is 0 Å². The van der Waals surface area contributed by atoms with Crippen molar-refractivity contribution in [3.63, 3.8) is 0 Å². The molecule has 0 spiro atoms. The van der Waals surface area contributed by atoms with E-state index >= 15 is 0 Å². The lowest BCUT2D eigenvalue weighted by atomic mass is 10.1. The quantitative estimate of drug-likeness (QED) is 0.467. The Morgan fingerprint density at radius 2 is 1.73 bits per heavy atom. The van der Waals surface area contributed by atoms with Gasteiger partial charge in [-0.3, -0.25) is 9.78 Å². The molecule has 4 nitrogen and oxygen atoms in total. The lowest BCUT2D eigenvalue weighted by Gasteiger charge is -2.10. The Hall–Kier alpha value is -2.10. The fourth-order valence-electron chi connectivity index (χ4n) is 3.19. The van der Waals surface area contributed by atoms with E-state index in [-0.39, 0.29) is 5.91 Å². The van der Waals surface area contributed by atoms with E-state index in [0.717, 1.165) is 35.2 Å². The Bertz CT molecular complexity index is 685. The third kappa shape index (κ3) is 6.66. The molecule has 1 aromatic heterocycles. The molecule has 0 radical (unpaired) electrons. The second-order valence-electron chi connectivity index (χ2n) is 6.88. The summed E-state index contributed by atoms with van der Waals surface area (Å²) in [7, 11) is 1.63. The van der Waals surface area contributed by atoms with Gasteiger partial charge in [0, 0.05) is 24.1 Å². The molecule has 4 heteroatoms. The van der Waals surface area contributed by atoms with Crippen LogP contribution in [-0.2, 0) is 4.79 Å². The number of methoxy groups -OCH3 is 1. The van der Waals surface area contributed by atoms with E-state index in [4.69, 9.17) is 4.74 Å². The zero-order valence-electron chi connectivity index (χ0n) is 16.2. The van der Waals surface area contributed by atoms with Crippen molar-refractivity contribution in [1.29, 1.82) is 0 Å². The molecule has 0 fully saturated rings. The van der Waals surface area contributed by atoms with E-state index in [2.05, 4.69) is 17.2 Å². The number of carbonyl (C=O) groups excluding carboxylic acids is 1. The molecule has 0 aliphatic carbocycles. The van der Waals surface area contributed by atoms with Crippen molar-refractivity contribution in [2.75, 3.05) is 12.4 Å². The summed E-state index contributed by atoms with van der Waals surface area (Å²) in [6, 6.07) is 7.62. The Balaban J connectivity index is 1.74. The van der Waals surface area contributed by atoms with E-state index in [1.807, 2.05) is 24.3 Å². The molecule has 0 unspecified atom stereocenters. The predicted octanol–water partition coefficient (Wildman–Crippen LogP) is 6.10. The molecule has 0 saturated heterocycles. The van der Waals surface area contributed by atoms with Gasteiger partial charge in [0.2, 0.25) is 5.91 Å². The van der Waals surface area contributed by atoms with Gasteiger partial charge < -0.3 is 10.1 Å². The molecular formula is C22H32N2O2. The van der Waals surface area contributed by atoms with Crippen LogP contribution in [0.3, 0.4) is 0 Å². The first-order valence-electron chi connectivity index (χ1n) is 9.97. The Labute approximate surface area is 157 Å².